The minimum Gasteiger partial charge on any atom is -0.375 e. The van der Waals surface area contributed by atoms with Crippen LogP contribution in [-0.2, 0) is 11.2 Å². The van der Waals surface area contributed by atoms with Gasteiger partial charge in [-0.3, -0.25) is 0 Å². The third-order valence-corrected chi connectivity index (χ3v) is 2.31. The minimum atomic E-state index is 0. The molecule has 2 rings (SSSR count). The van der Waals surface area contributed by atoms with E-state index in [4.69, 9.17) is 4.74 Å². The molecule has 1 fully saturated rings. The Kier molecular flexibility index (Phi) is 4.63. The molecule has 0 saturated carbocycles. The lowest BCUT2D eigenvalue weighted by atomic mass is 10.1. The lowest BCUT2D eigenvalue weighted by Crippen LogP contribution is -2.39. The minimum absolute atomic E-state index is 0. The molecule has 14 heavy (non-hydrogen) atoms. The van der Waals surface area contributed by atoms with Crippen LogP contribution in [0.1, 0.15) is 13.0 Å². The van der Waals surface area contributed by atoms with Crippen molar-refractivity contribution in [3.63, 3.8) is 0 Å². The largest absolute Gasteiger partial charge is 0.375 e. The molecule has 2 heteroatoms. The van der Waals surface area contributed by atoms with Crippen LogP contribution in [0.5, 0.6) is 0 Å². The van der Waals surface area contributed by atoms with Gasteiger partial charge in [0.25, 0.3) is 0 Å². The normalized spacial score (nSPS) is 21.3. The van der Waals surface area contributed by atoms with Crippen molar-refractivity contribution in [2.75, 3.05) is 19.7 Å². The van der Waals surface area contributed by atoms with E-state index in [1.807, 2.05) is 6.07 Å². The first-order valence-corrected chi connectivity index (χ1v) is 4.81. The van der Waals surface area contributed by atoms with E-state index in [1.165, 1.54) is 5.56 Å². The fourth-order valence-corrected chi connectivity index (χ4v) is 1.63. The van der Waals surface area contributed by atoms with Crippen LogP contribution in [0.15, 0.2) is 30.3 Å². The maximum Gasteiger partial charge on any atom is 0.0740 e. The second-order valence-corrected chi connectivity index (χ2v) is 3.39. The third-order valence-electron chi connectivity index (χ3n) is 2.31. The molecule has 78 valence electrons. The summed E-state index contributed by atoms with van der Waals surface area (Å²) in [5.74, 6) is 0. The summed E-state index contributed by atoms with van der Waals surface area (Å²) in [6, 6.07) is 10.5. The van der Waals surface area contributed by atoms with E-state index in [0.29, 0.717) is 6.10 Å². The molecule has 1 aromatic carbocycles. The Morgan fingerprint density at radius 1 is 1.29 bits per heavy atom. The Balaban J connectivity index is 0.000000980. The summed E-state index contributed by atoms with van der Waals surface area (Å²) in [4.78, 5) is 0. The molecule has 0 bridgehead atoms. The second-order valence-electron chi connectivity index (χ2n) is 3.39. The molecule has 2 nitrogen and oxygen atoms in total. The summed E-state index contributed by atoms with van der Waals surface area (Å²) in [7, 11) is 0. The van der Waals surface area contributed by atoms with E-state index in [2.05, 4.69) is 29.6 Å². The first-order chi connectivity index (χ1) is 6.45. The van der Waals surface area contributed by atoms with Gasteiger partial charge in [-0.1, -0.05) is 37.8 Å². The third kappa shape index (κ3) is 3.13. The van der Waals surface area contributed by atoms with Crippen molar-refractivity contribution in [3.05, 3.63) is 35.9 Å². The summed E-state index contributed by atoms with van der Waals surface area (Å²) in [6.45, 7) is 2.82. The van der Waals surface area contributed by atoms with Crippen LogP contribution in [0.3, 0.4) is 0 Å². The summed E-state index contributed by atoms with van der Waals surface area (Å²) < 4.78 is 5.62. The van der Waals surface area contributed by atoms with Crippen LogP contribution in [0, 0.1) is 0 Å². The molecular weight excluding hydrogens is 174 g/mol. The highest BCUT2D eigenvalue weighted by molar-refractivity contribution is 5.15. The molecule has 0 amide bonds. The number of morpholine rings is 1. The van der Waals surface area contributed by atoms with E-state index in [0.717, 1.165) is 26.1 Å². The van der Waals surface area contributed by atoms with Gasteiger partial charge in [0.05, 0.1) is 12.7 Å². The van der Waals surface area contributed by atoms with Crippen LogP contribution in [0.4, 0.5) is 0 Å². The highest BCUT2D eigenvalue weighted by Gasteiger charge is 2.12. The second kappa shape index (κ2) is 5.78. The Morgan fingerprint density at radius 3 is 2.71 bits per heavy atom. The predicted molar refractivity (Wildman–Crippen MR) is 59.5 cm³/mol. The molecule has 1 unspecified atom stereocenters. The van der Waals surface area contributed by atoms with Crippen molar-refractivity contribution in [3.8, 4) is 0 Å². The van der Waals surface area contributed by atoms with Crippen molar-refractivity contribution in [2.45, 2.75) is 20.0 Å². The van der Waals surface area contributed by atoms with E-state index >= 15 is 0 Å². The van der Waals surface area contributed by atoms with E-state index < -0.39 is 0 Å². The van der Waals surface area contributed by atoms with E-state index in [1.54, 1.807) is 0 Å². The van der Waals surface area contributed by atoms with Gasteiger partial charge in [0, 0.05) is 13.1 Å². The lowest BCUT2D eigenvalue weighted by Gasteiger charge is -2.23. The van der Waals surface area contributed by atoms with Gasteiger partial charge >= 0.3 is 0 Å². The van der Waals surface area contributed by atoms with Gasteiger partial charge in [0.1, 0.15) is 0 Å². The highest BCUT2D eigenvalue weighted by atomic mass is 16.5. The number of ether oxygens (including phenoxy) is 1. The molecule has 1 aromatic rings. The zero-order valence-corrected chi connectivity index (χ0v) is 7.70. The number of benzene rings is 1. The van der Waals surface area contributed by atoms with Crippen molar-refractivity contribution >= 4 is 0 Å². The summed E-state index contributed by atoms with van der Waals surface area (Å²) in [5, 5.41) is 3.33. The molecule has 1 heterocycles. The molecule has 1 N–H and O–H groups in total. The van der Waals surface area contributed by atoms with Crippen LogP contribution in [0.25, 0.3) is 0 Å². The molecule has 1 aliphatic heterocycles. The number of hydrogen-bond acceptors (Lipinski definition) is 2. The number of rotatable bonds is 2. The van der Waals surface area contributed by atoms with Crippen LogP contribution >= 0.6 is 0 Å². The molecule has 0 aromatic heterocycles. The van der Waals surface area contributed by atoms with E-state index in [9.17, 15) is 0 Å². The topological polar surface area (TPSA) is 21.3 Å². The van der Waals surface area contributed by atoms with Crippen LogP contribution < -0.4 is 5.32 Å². The predicted octanol–water partition coefficient (Wildman–Crippen LogP) is 1.85. The average molecular weight is 193 g/mol. The van der Waals surface area contributed by atoms with Crippen LogP contribution in [0.2, 0.25) is 0 Å². The first-order valence-electron chi connectivity index (χ1n) is 4.81. The summed E-state index contributed by atoms with van der Waals surface area (Å²) >= 11 is 0. The van der Waals surface area contributed by atoms with Gasteiger partial charge in [-0.05, 0) is 12.0 Å². The van der Waals surface area contributed by atoms with Crippen molar-refractivity contribution < 1.29 is 4.74 Å². The van der Waals surface area contributed by atoms with Gasteiger partial charge in [-0.25, -0.2) is 0 Å². The van der Waals surface area contributed by atoms with Gasteiger partial charge in [-0.15, -0.1) is 0 Å². The Labute approximate surface area is 86.3 Å². The fraction of sp³-hybridized carbons (Fsp3) is 0.500. The number of hydrogen-bond donors (Lipinski definition) is 1. The quantitative estimate of drug-likeness (QED) is 0.774. The Bertz CT molecular complexity index is 242. The van der Waals surface area contributed by atoms with Gasteiger partial charge in [0.15, 0.2) is 0 Å². The Morgan fingerprint density at radius 2 is 2.07 bits per heavy atom. The Hall–Kier alpha value is -0.860. The lowest BCUT2D eigenvalue weighted by molar-refractivity contribution is 0.0292. The highest BCUT2D eigenvalue weighted by Crippen LogP contribution is 2.06. The number of nitrogens with one attached hydrogen (secondary N) is 1. The van der Waals surface area contributed by atoms with Crippen LogP contribution in [-0.4, -0.2) is 25.8 Å². The molecule has 0 radical (unpaired) electrons. The van der Waals surface area contributed by atoms with Crippen molar-refractivity contribution in [2.24, 2.45) is 0 Å². The monoisotopic (exact) mass is 193 g/mol. The molecule has 1 atom stereocenters. The zero-order chi connectivity index (χ0) is 8.93. The molecule has 1 aliphatic rings. The fourth-order valence-electron chi connectivity index (χ4n) is 1.63. The van der Waals surface area contributed by atoms with Gasteiger partial charge in [0.2, 0.25) is 0 Å². The smallest absolute Gasteiger partial charge is 0.0740 e. The average Bonchev–Trinajstić information content (AvgIpc) is 2.21. The maximum absolute atomic E-state index is 5.62. The molecule has 1 saturated heterocycles. The standard InChI is InChI=1S/C11H15NO.CH4/c1-2-4-10(5-3-1)8-11-9-12-6-7-13-11;/h1-5,11-12H,6-9H2;1H4. The van der Waals surface area contributed by atoms with Crippen molar-refractivity contribution in [1.82, 2.24) is 5.32 Å². The molecular formula is C12H19NO. The van der Waals surface area contributed by atoms with Gasteiger partial charge < -0.3 is 10.1 Å². The first kappa shape index (κ1) is 11.2. The summed E-state index contributed by atoms with van der Waals surface area (Å²) in [6.07, 6.45) is 1.38. The van der Waals surface area contributed by atoms with E-state index in [-0.39, 0.29) is 7.43 Å². The zero-order valence-electron chi connectivity index (χ0n) is 7.70. The maximum atomic E-state index is 5.62. The van der Waals surface area contributed by atoms with Gasteiger partial charge in [-0.2, -0.15) is 0 Å². The summed E-state index contributed by atoms with van der Waals surface area (Å²) in [5.41, 5.74) is 1.36. The SMILES string of the molecule is C.c1ccc(CC2CNCCO2)cc1. The molecule has 0 aliphatic carbocycles. The molecule has 0 spiro atoms. The van der Waals surface area contributed by atoms with Crippen molar-refractivity contribution in [1.29, 1.82) is 0 Å².